The Labute approximate surface area is 207 Å². The minimum absolute atomic E-state index is 0.0541. The number of hydrogen-bond donors (Lipinski definition) is 1. The van der Waals surface area contributed by atoms with Crippen molar-refractivity contribution in [2.24, 2.45) is 0 Å². The fourth-order valence-electron chi connectivity index (χ4n) is 4.39. The molecule has 0 bridgehead atoms. The van der Waals surface area contributed by atoms with E-state index in [4.69, 9.17) is 4.74 Å². The summed E-state index contributed by atoms with van der Waals surface area (Å²) >= 11 is 0. The van der Waals surface area contributed by atoms with Gasteiger partial charge in [0.15, 0.2) is 0 Å². The molecule has 1 atom stereocenters. The second kappa shape index (κ2) is 10.5. The van der Waals surface area contributed by atoms with Crippen LogP contribution in [0.4, 0.5) is 5.69 Å². The van der Waals surface area contributed by atoms with E-state index in [9.17, 15) is 13.2 Å². The number of carbonyl (C=O) groups is 1. The van der Waals surface area contributed by atoms with Gasteiger partial charge in [-0.1, -0.05) is 36.4 Å². The van der Waals surface area contributed by atoms with E-state index in [-0.39, 0.29) is 16.8 Å². The number of aryl methyl sites for hydroxylation is 1. The van der Waals surface area contributed by atoms with Gasteiger partial charge in [0.05, 0.1) is 23.7 Å². The average molecular weight is 494 g/mol. The number of methoxy groups -OCH3 is 1. The number of nitrogens with one attached hydrogen (secondary N) is 1. The molecular weight excluding hydrogens is 462 g/mol. The molecule has 7 nitrogen and oxygen atoms in total. The first-order chi connectivity index (χ1) is 16.8. The number of rotatable bonds is 8. The Kier molecular flexibility index (Phi) is 7.42. The number of hydrogen-bond acceptors (Lipinski definition) is 5. The summed E-state index contributed by atoms with van der Waals surface area (Å²) in [6.45, 7) is 0.788. The second-order valence-electron chi connectivity index (χ2n) is 8.80. The van der Waals surface area contributed by atoms with Crippen molar-refractivity contribution in [3.63, 3.8) is 0 Å². The van der Waals surface area contributed by atoms with Crippen molar-refractivity contribution in [1.82, 2.24) is 10.2 Å². The highest BCUT2D eigenvalue weighted by Crippen LogP contribution is 2.32. The highest BCUT2D eigenvalue weighted by molar-refractivity contribution is 7.92. The van der Waals surface area contributed by atoms with Gasteiger partial charge >= 0.3 is 0 Å². The van der Waals surface area contributed by atoms with E-state index >= 15 is 0 Å². The summed E-state index contributed by atoms with van der Waals surface area (Å²) in [4.78, 5) is 15.1. The predicted molar refractivity (Wildman–Crippen MR) is 137 cm³/mol. The lowest BCUT2D eigenvalue weighted by Gasteiger charge is -2.30. The third-order valence-electron chi connectivity index (χ3n) is 6.33. The van der Waals surface area contributed by atoms with Crippen molar-refractivity contribution in [1.29, 1.82) is 0 Å². The van der Waals surface area contributed by atoms with E-state index in [0.29, 0.717) is 24.3 Å². The zero-order valence-corrected chi connectivity index (χ0v) is 21.1. The SMILES string of the molecule is COc1ccc([C@H](CNC(=O)c2cccc(S(=O)(=O)N3CCCc4ccccc43)c2)N(C)C)cc1. The average Bonchev–Trinajstić information content (AvgIpc) is 2.88. The topological polar surface area (TPSA) is 78.9 Å². The van der Waals surface area contributed by atoms with Crippen LogP contribution >= 0.6 is 0 Å². The zero-order chi connectivity index (χ0) is 25.0. The number of carbonyl (C=O) groups excluding carboxylic acids is 1. The first-order valence-corrected chi connectivity index (χ1v) is 13.0. The van der Waals surface area contributed by atoms with E-state index in [2.05, 4.69) is 5.32 Å². The van der Waals surface area contributed by atoms with Crippen LogP contribution in [0.5, 0.6) is 5.75 Å². The second-order valence-corrected chi connectivity index (χ2v) is 10.7. The van der Waals surface area contributed by atoms with Crippen LogP contribution in [-0.4, -0.2) is 53.5 Å². The van der Waals surface area contributed by atoms with Crippen LogP contribution in [0, 0.1) is 0 Å². The number of likely N-dealkylation sites (N-methyl/N-ethyl adjacent to an activating group) is 1. The Bertz CT molecular complexity index is 1290. The summed E-state index contributed by atoms with van der Waals surface area (Å²) in [7, 11) is 1.73. The minimum Gasteiger partial charge on any atom is -0.497 e. The number of anilines is 1. The molecule has 0 saturated heterocycles. The lowest BCUT2D eigenvalue weighted by Crippen LogP contribution is -2.36. The van der Waals surface area contributed by atoms with Crippen LogP contribution in [0.25, 0.3) is 0 Å². The lowest BCUT2D eigenvalue weighted by atomic mass is 10.0. The van der Waals surface area contributed by atoms with Crippen molar-refractivity contribution in [3.05, 3.63) is 89.5 Å². The van der Waals surface area contributed by atoms with Gasteiger partial charge in [-0.2, -0.15) is 0 Å². The molecule has 4 rings (SSSR count). The molecule has 3 aromatic rings. The van der Waals surface area contributed by atoms with Gasteiger partial charge in [0, 0.05) is 18.7 Å². The fourth-order valence-corrected chi connectivity index (χ4v) is 5.98. The number of para-hydroxylation sites is 1. The summed E-state index contributed by atoms with van der Waals surface area (Å²) < 4.78 is 33.7. The summed E-state index contributed by atoms with van der Waals surface area (Å²) in [5, 5.41) is 2.96. The molecule has 3 aromatic carbocycles. The highest BCUT2D eigenvalue weighted by atomic mass is 32.2. The summed E-state index contributed by atoms with van der Waals surface area (Å²) in [5.74, 6) is 0.450. The number of benzene rings is 3. The Morgan fingerprint density at radius 3 is 2.51 bits per heavy atom. The van der Waals surface area contributed by atoms with E-state index < -0.39 is 10.0 Å². The molecule has 0 aliphatic carbocycles. The Balaban J connectivity index is 1.52. The highest BCUT2D eigenvalue weighted by Gasteiger charge is 2.29. The van der Waals surface area contributed by atoms with Gasteiger partial charge < -0.3 is 15.0 Å². The third-order valence-corrected chi connectivity index (χ3v) is 8.14. The summed E-state index contributed by atoms with van der Waals surface area (Å²) in [5.41, 5.74) is 3.08. The van der Waals surface area contributed by atoms with Crippen LogP contribution in [0.15, 0.2) is 77.7 Å². The molecular formula is C27H31N3O4S. The van der Waals surface area contributed by atoms with Gasteiger partial charge in [-0.05, 0) is 74.5 Å². The van der Waals surface area contributed by atoms with Gasteiger partial charge in [-0.15, -0.1) is 0 Å². The molecule has 0 unspecified atom stereocenters. The van der Waals surface area contributed by atoms with E-state index in [1.54, 1.807) is 25.3 Å². The number of amides is 1. The molecule has 1 N–H and O–H groups in total. The van der Waals surface area contributed by atoms with Crippen molar-refractivity contribution in [3.8, 4) is 5.75 Å². The van der Waals surface area contributed by atoms with Crippen LogP contribution in [0.2, 0.25) is 0 Å². The Morgan fingerprint density at radius 1 is 1.06 bits per heavy atom. The van der Waals surface area contributed by atoms with Crippen LogP contribution in [0.3, 0.4) is 0 Å². The summed E-state index contributed by atoms with van der Waals surface area (Å²) in [6, 6.07) is 21.5. The maximum absolute atomic E-state index is 13.5. The maximum Gasteiger partial charge on any atom is 0.264 e. The van der Waals surface area contributed by atoms with E-state index in [0.717, 1.165) is 29.7 Å². The standard InChI is InChI=1S/C27H31N3O4S/c1-29(2)26(21-13-15-23(34-3)16-14-21)19-28-27(31)22-9-6-11-24(18-22)35(32,33)30-17-7-10-20-8-4-5-12-25(20)30/h4-6,8-9,11-16,18,26H,7,10,17,19H2,1-3H3,(H,28,31)/t26-/m0/s1. The van der Waals surface area contributed by atoms with Gasteiger partial charge in [0.2, 0.25) is 0 Å². The quantitative estimate of drug-likeness (QED) is 0.515. The molecule has 0 aromatic heterocycles. The van der Waals surface area contributed by atoms with E-state index in [1.807, 2.05) is 67.5 Å². The van der Waals surface area contributed by atoms with Crippen LogP contribution < -0.4 is 14.4 Å². The first kappa shape index (κ1) is 24.8. The third kappa shape index (κ3) is 5.33. The largest absolute Gasteiger partial charge is 0.497 e. The van der Waals surface area contributed by atoms with Crippen LogP contribution in [0.1, 0.15) is 33.9 Å². The normalized spacial score (nSPS) is 14.3. The number of nitrogens with zero attached hydrogens (tertiary/aromatic N) is 2. The number of sulfonamides is 1. The predicted octanol–water partition coefficient (Wildman–Crippen LogP) is 3.87. The maximum atomic E-state index is 13.5. The molecule has 184 valence electrons. The summed E-state index contributed by atoms with van der Waals surface area (Å²) in [6.07, 6.45) is 1.61. The van der Waals surface area contributed by atoms with Crippen LogP contribution in [-0.2, 0) is 16.4 Å². The van der Waals surface area contributed by atoms with Crippen molar-refractivity contribution in [2.45, 2.75) is 23.8 Å². The monoisotopic (exact) mass is 493 g/mol. The fraction of sp³-hybridized carbons (Fsp3) is 0.296. The Hall–Kier alpha value is -3.36. The molecule has 0 fully saturated rings. The molecule has 8 heteroatoms. The molecule has 1 aliphatic heterocycles. The van der Waals surface area contributed by atoms with Gasteiger partial charge in [-0.25, -0.2) is 8.42 Å². The Morgan fingerprint density at radius 2 is 1.80 bits per heavy atom. The molecule has 1 heterocycles. The smallest absolute Gasteiger partial charge is 0.264 e. The number of fused-ring (bicyclic) bond motifs is 1. The molecule has 0 saturated carbocycles. The lowest BCUT2D eigenvalue weighted by molar-refractivity contribution is 0.0941. The molecule has 35 heavy (non-hydrogen) atoms. The molecule has 0 spiro atoms. The van der Waals surface area contributed by atoms with Crippen molar-refractivity contribution >= 4 is 21.6 Å². The molecule has 1 amide bonds. The van der Waals surface area contributed by atoms with Gasteiger partial charge in [0.25, 0.3) is 15.9 Å². The molecule has 0 radical (unpaired) electrons. The van der Waals surface area contributed by atoms with Crippen molar-refractivity contribution < 1.29 is 17.9 Å². The van der Waals surface area contributed by atoms with Gasteiger partial charge in [-0.3, -0.25) is 9.10 Å². The van der Waals surface area contributed by atoms with Crippen molar-refractivity contribution in [2.75, 3.05) is 38.6 Å². The van der Waals surface area contributed by atoms with E-state index in [1.165, 1.54) is 10.4 Å². The number of ether oxygens (including phenoxy) is 1. The minimum atomic E-state index is -3.79. The molecule has 1 aliphatic rings. The first-order valence-electron chi connectivity index (χ1n) is 11.6. The zero-order valence-electron chi connectivity index (χ0n) is 20.3. The van der Waals surface area contributed by atoms with Gasteiger partial charge in [0.1, 0.15) is 5.75 Å².